The van der Waals surface area contributed by atoms with Gasteiger partial charge in [-0.15, -0.1) is 0 Å². The molecule has 2 aromatic carbocycles. The van der Waals surface area contributed by atoms with Gasteiger partial charge in [-0.2, -0.15) is 4.31 Å². The molecule has 166 valence electrons. The van der Waals surface area contributed by atoms with Gasteiger partial charge < -0.3 is 15.4 Å². The van der Waals surface area contributed by atoms with Crippen molar-refractivity contribution in [2.24, 2.45) is 0 Å². The summed E-state index contributed by atoms with van der Waals surface area (Å²) < 4.78 is 46.5. The molecule has 11 heteroatoms. The minimum Gasteiger partial charge on any atom is -0.478 e. The van der Waals surface area contributed by atoms with Gasteiger partial charge in [0.25, 0.3) is 5.91 Å². The van der Waals surface area contributed by atoms with Gasteiger partial charge >= 0.3 is 0 Å². The number of hydrogen-bond acceptors (Lipinski definition) is 5. The van der Waals surface area contributed by atoms with E-state index in [4.69, 9.17) is 16.3 Å². The van der Waals surface area contributed by atoms with Crippen molar-refractivity contribution in [2.45, 2.75) is 31.3 Å². The molecule has 0 fully saturated rings. The molecule has 1 atom stereocenters. The Morgan fingerprint density at radius 2 is 2.03 bits per heavy atom. The van der Waals surface area contributed by atoms with E-state index in [1.165, 1.54) is 31.3 Å². The molecule has 0 saturated carbocycles. The van der Waals surface area contributed by atoms with Gasteiger partial charge in [0.1, 0.15) is 11.6 Å². The molecule has 8 nitrogen and oxygen atoms in total. The van der Waals surface area contributed by atoms with E-state index in [9.17, 15) is 22.4 Å². The molecule has 0 bridgehead atoms. The number of anilines is 2. The van der Waals surface area contributed by atoms with Crippen LogP contribution in [-0.4, -0.2) is 44.2 Å². The van der Waals surface area contributed by atoms with Crippen LogP contribution in [0.2, 0.25) is 5.02 Å². The Kier molecular flexibility index (Phi) is 6.54. The van der Waals surface area contributed by atoms with Gasteiger partial charge in [-0.3, -0.25) is 9.59 Å². The maximum Gasteiger partial charge on any atom is 0.265 e. The summed E-state index contributed by atoms with van der Waals surface area (Å²) in [4.78, 5) is 24.2. The van der Waals surface area contributed by atoms with Gasteiger partial charge in [-0.25, -0.2) is 12.8 Å². The number of rotatable bonds is 6. The number of aryl methyl sites for hydroxylation is 1. The zero-order chi connectivity index (χ0) is 22.9. The first-order valence-corrected chi connectivity index (χ1v) is 11.2. The molecule has 0 unspecified atom stereocenters. The van der Waals surface area contributed by atoms with Crippen molar-refractivity contribution < 1.29 is 27.1 Å². The van der Waals surface area contributed by atoms with E-state index in [1.54, 1.807) is 13.8 Å². The number of fused-ring (bicyclic) bond motifs is 1. The number of halogens is 2. The van der Waals surface area contributed by atoms with Crippen molar-refractivity contribution in [1.29, 1.82) is 0 Å². The number of nitrogens with zero attached hydrogens (tertiary/aromatic N) is 1. The first-order chi connectivity index (χ1) is 14.5. The monoisotopic (exact) mass is 469 g/mol. The fraction of sp³-hybridized carbons (Fsp3) is 0.300. The highest BCUT2D eigenvalue weighted by Crippen LogP contribution is 2.35. The summed E-state index contributed by atoms with van der Waals surface area (Å²) in [7, 11) is -2.84. The van der Waals surface area contributed by atoms with Crippen LogP contribution in [0.5, 0.6) is 5.75 Å². The smallest absolute Gasteiger partial charge is 0.265 e. The van der Waals surface area contributed by atoms with Crippen molar-refractivity contribution in [2.75, 3.05) is 24.2 Å². The van der Waals surface area contributed by atoms with Crippen LogP contribution >= 0.6 is 11.6 Å². The molecule has 2 aromatic rings. The molecular weight excluding hydrogens is 449 g/mol. The second-order valence-corrected chi connectivity index (χ2v) is 9.50. The van der Waals surface area contributed by atoms with Crippen LogP contribution in [0, 0.1) is 12.7 Å². The Labute approximate surface area is 184 Å². The Bertz CT molecular complexity index is 1160. The van der Waals surface area contributed by atoms with E-state index in [1.807, 2.05) is 0 Å². The van der Waals surface area contributed by atoms with Gasteiger partial charge in [-0.05, 0) is 43.2 Å². The minimum absolute atomic E-state index is 0.0646. The maximum absolute atomic E-state index is 13.9. The lowest BCUT2D eigenvalue weighted by molar-refractivity contribution is -0.123. The highest BCUT2D eigenvalue weighted by Gasteiger charge is 2.31. The first kappa shape index (κ1) is 23.0. The summed E-state index contributed by atoms with van der Waals surface area (Å²) in [6, 6.07) is 6.56. The minimum atomic E-state index is -4.08. The fourth-order valence-corrected chi connectivity index (χ4v) is 4.57. The number of likely N-dealkylation sites (N-methyl/N-ethyl adjacent to an activating group) is 1. The van der Waals surface area contributed by atoms with E-state index in [0.29, 0.717) is 17.7 Å². The van der Waals surface area contributed by atoms with Crippen LogP contribution in [0.15, 0.2) is 35.2 Å². The second-order valence-electron chi connectivity index (χ2n) is 7.05. The largest absolute Gasteiger partial charge is 0.478 e. The average molecular weight is 470 g/mol. The number of benzene rings is 2. The van der Waals surface area contributed by atoms with Crippen LogP contribution in [0.3, 0.4) is 0 Å². The van der Waals surface area contributed by atoms with Gasteiger partial charge in [0.05, 0.1) is 22.8 Å². The number of ether oxygens (including phenoxy) is 1. The molecule has 31 heavy (non-hydrogen) atoms. The van der Waals surface area contributed by atoms with Gasteiger partial charge in [0.15, 0.2) is 6.10 Å². The molecule has 0 saturated heterocycles. The molecule has 0 aromatic heterocycles. The third-order valence-electron chi connectivity index (χ3n) is 4.73. The Morgan fingerprint density at radius 1 is 1.32 bits per heavy atom. The van der Waals surface area contributed by atoms with Crippen molar-refractivity contribution in [3.63, 3.8) is 0 Å². The molecule has 2 N–H and O–H groups in total. The summed E-state index contributed by atoms with van der Waals surface area (Å²) in [5, 5.41) is 5.19. The highest BCUT2D eigenvalue weighted by atomic mass is 35.5. The predicted octanol–water partition coefficient (Wildman–Crippen LogP) is 3.16. The number of carbonyl (C=O) groups excluding carboxylic acids is 2. The Balaban J connectivity index is 1.80. The van der Waals surface area contributed by atoms with E-state index in [0.717, 1.165) is 10.4 Å². The zero-order valence-corrected chi connectivity index (χ0v) is 18.6. The van der Waals surface area contributed by atoms with Crippen LogP contribution in [0.25, 0.3) is 0 Å². The standard InChI is InChI=1S/C20H21ClFN3O5S/c1-4-16-20(27)24-15-7-11(2)18(9-17(15)30-16)31(28,29)25(3)10-19(26)23-14-6-5-12(21)8-13(14)22/h5-9,16H,4,10H2,1-3H3,(H,23,26)(H,24,27)/t16-/m1/s1. The topological polar surface area (TPSA) is 105 Å². The van der Waals surface area contributed by atoms with Gasteiger partial charge in [0, 0.05) is 18.1 Å². The third kappa shape index (κ3) is 4.81. The van der Waals surface area contributed by atoms with Crippen molar-refractivity contribution >= 4 is 44.8 Å². The van der Waals surface area contributed by atoms with Crippen LogP contribution in [0.1, 0.15) is 18.9 Å². The molecule has 0 aliphatic carbocycles. The summed E-state index contributed by atoms with van der Waals surface area (Å²) >= 11 is 5.68. The number of amides is 2. The van der Waals surface area contributed by atoms with E-state index in [2.05, 4.69) is 10.6 Å². The number of nitrogens with one attached hydrogen (secondary N) is 2. The van der Waals surface area contributed by atoms with Gasteiger partial charge in [-0.1, -0.05) is 18.5 Å². The second kappa shape index (κ2) is 8.81. The fourth-order valence-electron chi connectivity index (χ4n) is 3.07. The normalized spacial score (nSPS) is 15.8. The van der Waals surface area contributed by atoms with E-state index in [-0.39, 0.29) is 27.3 Å². The summed E-state index contributed by atoms with van der Waals surface area (Å²) in [6.07, 6.45) is -0.300. The molecule has 1 heterocycles. The number of hydrogen-bond donors (Lipinski definition) is 2. The Hall–Kier alpha value is -2.69. The molecule has 2 amide bonds. The summed E-state index contributed by atoms with van der Waals surface area (Å²) in [5.74, 6) is -1.52. The predicted molar refractivity (Wildman–Crippen MR) is 114 cm³/mol. The van der Waals surface area contributed by atoms with Crippen LogP contribution in [0.4, 0.5) is 15.8 Å². The lowest BCUT2D eigenvalue weighted by atomic mass is 10.1. The lowest BCUT2D eigenvalue weighted by Gasteiger charge is -2.27. The quantitative estimate of drug-likeness (QED) is 0.676. The van der Waals surface area contributed by atoms with Crippen LogP contribution < -0.4 is 15.4 Å². The first-order valence-electron chi connectivity index (χ1n) is 9.36. The van der Waals surface area contributed by atoms with Gasteiger partial charge in [0.2, 0.25) is 15.9 Å². The zero-order valence-electron chi connectivity index (χ0n) is 17.0. The van der Waals surface area contributed by atoms with Crippen LogP contribution in [-0.2, 0) is 19.6 Å². The maximum atomic E-state index is 13.9. The average Bonchev–Trinajstić information content (AvgIpc) is 2.69. The highest BCUT2D eigenvalue weighted by molar-refractivity contribution is 7.89. The summed E-state index contributed by atoms with van der Waals surface area (Å²) in [6.45, 7) is 2.80. The molecule has 0 radical (unpaired) electrons. The Morgan fingerprint density at radius 3 is 2.68 bits per heavy atom. The molecular formula is C20H21ClFN3O5S. The lowest BCUT2D eigenvalue weighted by Crippen LogP contribution is -2.37. The van der Waals surface area contributed by atoms with E-state index >= 15 is 0 Å². The third-order valence-corrected chi connectivity index (χ3v) is 6.91. The van der Waals surface area contributed by atoms with Crippen molar-refractivity contribution in [3.05, 3.63) is 46.7 Å². The number of sulfonamides is 1. The molecule has 1 aliphatic heterocycles. The summed E-state index contributed by atoms with van der Waals surface area (Å²) in [5.41, 5.74) is 0.637. The molecule has 0 spiro atoms. The molecule has 3 rings (SSSR count). The molecule has 1 aliphatic rings. The number of carbonyl (C=O) groups is 2. The van der Waals surface area contributed by atoms with Crippen molar-refractivity contribution in [3.8, 4) is 5.75 Å². The SMILES string of the molecule is CC[C@H]1Oc2cc(S(=O)(=O)N(C)CC(=O)Nc3ccc(Cl)cc3F)c(C)cc2NC1=O. The van der Waals surface area contributed by atoms with E-state index < -0.39 is 34.4 Å². The van der Waals surface area contributed by atoms with Crippen molar-refractivity contribution in [1.82, 2.24) is 4.31 Å².